The summed E-state index contributed by atoms with van der Waals surface area (Å²) in [6.45, 7) is 3.84. The summed E-state index contributed by atoms with van der Waals surface area (Å²) in [4.78, 5) is 0.217. The van der Waals surface area contributed by atoms with Crippen LogP contribution in [0.5, 0.6) is 0 Å². The zero-order valence-electron chi connectivity index (χ0n) is 11.2. The van der Waals surface area contributed by atoms with Crippen molar-refractivity contribution in [3.8, 4) is 0 Å². The topological polar surface area (TPSA) is 63.4 Å². The summed E-state index contributed by atoms with van der Waals surface area (Å²) in [7, 11) is -3.53. The highest BCUT2D eigenvalue weighted by Gasteiger charge is 2.36. The highest BCUT2D eigenvalue weighted by molar-refractivity contribution is 7.89. The van der Waals surface area contributed by atoms with Gasteiger partial charge in [-0.15, -0.1) is 11.6 Å². The lowest BCUT2D eigenvalue weighted by molar-refractivity contribution is 0.247. The molecule has 0 bridgehead atoms. The van der Waals surface area contributed by atoms with Crippen molar-refractivity contribution in [3.05, 3.63) is 11.5 Å². The summed E-state index contributed by atoms with van der Waals surface area (Å²) < 4.78 is 32.1. The van der Waals surface area contributed by atoms with Gasteiger partial charge in [-0.3, -0.25) is 0 Å². The molecular weight excluding hydrogens is 288 g/mol. The van der Waals surface area contributed by atoms with Crippen LogP contribution in [-0.2, 0) is 10.0 Å². The number of hydrogen-bond acceptors (Lipinski definition) is 4. The molecular formula is C12H19ClN2O3S. The van der Waals surface area contributed by atoms with Crippen molar-refractivity contribution in [1.82, 2.24) is 9.46 Å². The van der Waals surface area contributed by atoms with E-state index in [4.69, 9.17) is 16.1 Å². The van der Waals surface area contributed by atoms with Gasteiger partial charge in [0.1, 0.15) is 10.6 Å². The molecule has 2 heterocycles. The van der Waals surface area contributed by atoms with Gasteiger partial charge >= 0.3 is 0 Å². The maximum atomic E-state index is 12.8. The first kappa shape index (κ1) is 14.8. The maximum Gasteiger partial charge on any atom is 0.248 e. The van der Waals surface area contributed by atoms with Gasteiger partial charge in [0.15, 0.2) is 5.76 Å². The number of nitrogens with zero attached hydrogens (tertiary/aromatic N) is 2. The Hall–Kier alpha value is -0.590. The van der Waals surface area contributed by atoms with Crippen LogP contribution in [-0.4, -0.2) is 36.3 Å². The lowest BCUT2D eigenvalue weighted by atomic mass is 10.0. The van der Waals surface area contributed by atoms with Crippen LogP contribution in [0.4, 0.5) is 0 Å². The number of sulfonamides is 1. The fourth-order valence-electron chi connectivity index (χ4n) is 2.67. The molecule has 19 heavy (non-hydrogen) atoms. The molecule has 1 unspecified atom stereocenters. The first-order chi connectivity index (χ1) is 8.98. The van der Waals surface area contributed by atoms with Gasteiger partial charge in [0.25, 0.3) is 0 Å². The number of aromatic nitrogens is 1. The van der Waals surface area contributed by atoms with Crippen molar-refractivity contribution < 1.29 is 12.9 Å². The van der Waals surface area contributed by atoms with E-state index in [1.54, 1.807) is 18.2 Å². The number of piperidine rings is 1. The van der Waals surface area contributed by atoms with Crippen LogP contribution in [0.3, 0.4) is 0 Å². The third kappa shape index (κ3) is 2.80. The Balaban J connectivity index is 2.37. The van der Waals surface area contributed by atoms with Gasteiger partial charge in [0.05, 0.1) is 0 Å². The molecule has 1 aliphatic rings. The smallest absolute Gasteiger partial charge is 0.248 e. The molecule has 0 amide bonds. The molecule has 1 aliphatic heterocycles. The van der Waals surface area contributed by atoms with E-state index >= 15 is 0 Å². The zero-order chi connectivity index (χ0) is 14.0. The lowest BCUT2D eigenvalue weighted by Crippen LogP contribution is -2.44. The highest BCUT2D eigenvalue weighted by Crippen LogP contribution is 2.30. The number of alkyl halides is 1. The predicted molar refractivity (Wildman–Crippen MR) is 72.8 cm³/mol. The molecule has 0 aliphatic carbocycles. The first-order valence-electron chi connectivity index (χ1n) is 6.49. The van der Waals surface area contributed by atoms with Crippen LogP contribution in [0, 0.1) is 13.8 Å². The van der Waals surface area contributed by atoms with Gasteiger partial charge in [-0.05, 0) is 33.1 Å². The average Bonchev–Trinajstić information content (AvgIpc) is 2.70. The molecule has 1 saturated heterocycles. The molecule has 1 aromatic heterocycles. The SMILES string of the molecule is Cc1noc(C)c1S(=O)(=O)N1CCCCC1CCCl. The number of halogens is 1. The summed E-state index contributed by atoms with van der Waals surface area (Å²) in [5.41, 5.74) is 0.424. The zero-order valence-corrected chi connectivity index (χ0v) is 12.8. The Labute approximate surface area is 118 Å². The Bertz CT molecular complexity index is 520. The summed E-state index contributed by atoms with van der Waals surface area (Å²) in [6, 6.07) is -0.00931. The summed E-state index contributed by atoms with van der Waals surface area (Å²) in [5, 5.41) is 3.74. The summed E-state index contributed by atoms with van der Waals surface area (Å²) in [6.07, 6.45) is 3.50. The minimum Gasteiger partial charge on any atom is -0.360 e. The van der Waals surface area contributed by atoms with Crippen molar-refractivity contribution in [3.63, 3.8) is 0 Å². The third-order valence-corrected chi connectivity index (χ3v) is 5.97. The van der Waals surface area contributed by atoms with Crippen LogP contribution >= 0.6 is 11.6 Å². The minimum atomic E-state index is -3.53. The van der Waals surface area contributed by atoms with Crippen molar-refractivity contribution in [2.45, 2.75) is 50.5 Å². The van der Waals surface area contributed by atoms with E-state index in [-0.39, 0.29) is 10.9 Å². The molecule has 0 N–H and O–H groups in total. The van der Waals surface area contributed by atoms with Gasteiger partial charge < -0.3 is 4.52 Å². The summed E-state index contributed by atoms with van der Waals surface area (Å²) >= 11 is 5.79. The largest absolute Gasteiger partial charge is 0.360 e. The molecule has 0 spiro atoms. The highest BCUT2D eigenvalue weighted by atomic mass is 35.5. The molecule has 2 rings (SSSR count). The Morgan fingerprint density at radius 1 is 1.42 bits per heavy atom. The number of rotatable bonds is 4. The van der Waals surface area contributed by atoms with Crippen molar-refractivity contribution in [2.24, 2.45) is 0 Å². The van der Waals surface area contributed by atoms with Crippen LogP contribution in [0.2, 0.25) is 0 Å². The Morgan fingerprint density at radius 3 is 2.74 bits per heavy atom. The van der Waals surface area contributed by atoms with Gasteiger partial charge in [0, 0.05) is 18.5 Å². The normalized spacial score (nSPS) is 21.7. The fourth-order valence-corrected chi connectivity index (χ4v) is 4.94. The van der Waals surface area contributed by atoms with E-state index in [0.29, 0.717) is 30.3 Å². The molecule has 5 nitrogen and oxygen atoms in total. The van der Waals surface area contributed by atoms with Gasteiger partial charge in [-0.2, -0.15) is 4.31 Å². The maximum absolute atomic E-state index is 12.8. The van der Waals surface area contributed by atoms with Gasteiger partial charge in [0.2, 0.25) is 10.0 Å². The molecule has 1 atom stereocenters. The van der Waals surface area contributed by atoms with E-state index in [1.165, 1.54) is 0 Å². The summed E-state index contributed by atoms with van der Waals surface area (Å²) in [5.74, 6) is 0.825. The van der Waals surface area contributed by atoms with Crippen LogP contribution in [0.25, 0.3) is 0 Å². The van der Waals surface area contributed by atoms with Gasteiger partial charge in [-0.1, -0.05) is 11.6 Å². The molecule has 1 aromatic rings. The molecule has 0 radical (unpaired) electrons. The van der Waals surface area contributed by atoms with Crippen molar-refractivity contribution in [2.75, 3.05) is 12.4 Å². The average molecular weight is 307 g/mol. The van der Waals surface area contributed by atoms with E-state index in [2.05, 4.69) is 5.16 Å². The van der Waals surface area contributed by atoms with E-state index in [1.807, 2.05) is 0 Å². The second-order valence-corrected chi connectivity index (χ2v) is 7.10. The van der Waals surface area contributed by atoms with E-state index in [9.17, 15) is 8.42 Å². The van der Waals surface area contributed by atoms with E-state index in [0.717, 1.165) is 19.3 Å². The minimum absolute atomic E-state index is 0.00931. The van der Waals surface area contributed by atoms with Crippen LogP contribution in [0.15, 0.2) is 9.42 Å². The van der Waals surface area contributed by atoms with Crippen molar-refractivity contribution >= 4 is 21.6 Å². The molecule has 0 saturated carbocycles. The number of hydrogen-bond donors (Lipinski definition) is 0. The standard InChI is InChI=1S/C12H19ClN2O3S/c1-9-12(10(2)18-14-9)19(16,17)15-8-4-3-5-11(15)6-7-13/h11H,3-8H2,1-2H3. The second-order valence-electron chi connectivity index (χ2n) is 4.90. The van der Waals surface area contributed by atoms with E-state index < -0.39 is 10.0 Å². The van der Waals surface area contributed by atoms with Gasteiger partial charge in [-0.25, -0.2) is 8.42 Å². The Kier molecular flexibility index (Phi) is 4.53. The molecule has 1 fully saturated rings. The van der Waals surface area contributed by atoms with Crippen molar-refractivity contribution in [1.29, 1.82) is 0 Å². The quantitative estimate of drug-likeness (QED) is 0.802. The van der Waals surface area contributed by atoms with Crippen LogP contribution < -0.4 is 0 Å². The van der Waals surface area contributed by atoms with Crippen LogP contribution in [0.1, 0.15) is 37.1 Å². The predicted octanol–water partition coefficient (Wildman–Crippen LogP) is 2.46. The Morgan fingerprint density at radius 2 is 2.16 bits per heavy atom. The monoisotopic (exact) mass is 306 g/mol. The first-order valence-corrected chi connectivity index (χ1v) is 8.46. The fraction of sp³-hybridized carbons (Fsp3) is 0.750. The second kappa shape index (κ2) is 5.81. The molecule has 7 heteroatoms. The molecule has 108 valence electrons. The third-order valence-electron chi connectivity index (χ3n) is 3.55. The molecule has 0 aromatic carbocycles. The lowest BCUT2D eigenvalue weighted by Gasteiger charge is -2.34. The number of aryl methyl sites for hydroxylation is 2.